The van der Waals surface area contributed by atoms with Crippen molar-refractivity contribution in [3.8, 4) is 0 Å². The van der Waals surface area contributed by atoms with Crippen molar-refractivity contribution in [1.82, 2.24) is 14.9 Å². The first-order chi connectivity index (χ1) is 17.9. The second kappa shape index (κ2) is 10.8. The molecule has 1 unspecified atom stereocenters. The zero-order valence-corrected chi connectivity index (χ0v) is 21.4. The lowest BCUT2D eigenvalue weighted by Crippen LogP contribution is -2.45. The lowest BCUT2D eigenvalue weighted by atomic mass is 9.96. The van der Waals surface area contributed by atoms with Crippen LogP contribution < -0.4 is 10.0 Å². The Bertz CT molecular complexity index is 1370. The monoisotopic (exact) mass is 517 g/mol. The minimum Gasteiger partial charge on any atom is -0.335 e. The number of sulfonamides is 1. The van der Waals surface area contributed by atoms with Gasteiger partial charge >= 0.3 is 6.03 Å². The molecule has 0 spiro atoms. The number of rotatable bonds is 7. The maximum atomic E-state index is 13.2. The molecule has 1 heterocycles. The van der Waals surface area contributed by atoms with E-state index in [-0.39, 0.29) is 22.9 Å². The largest absolute Gasteiger partial charge is 0.335 e. The first-order valence-electron chi connectivity index (χ1n) is 12.8. The van der Waals surface area contributed by atoms with Gasteiger partial charge in [-0.15, -0.1) is 0 Å². The van der Waals surface area contributed by atoms with Crippen LogP contribution in [0.25, 0.3) is 0 Å². The van der Waals surface area contributed by atoms with Crippen LogP contribution in [0.15, 0.2) is 83.8 Å². The molecule has 37 heavy (non-hydrogen) atoms. The van der Waals surface area contributed by atoms with Gasteiger partial charge in [-0.2, -0.15) is 0 Å². The second-order valence-corrected chi connectivity index (χ2v) is 11.4. The number of benzene rings is 3. The van der Waals surface area contributed by atoms with Crippen molar-refractivity contribution in [2.45, 2.75) is 55.5 Å². The summed E-state index contributed by atoms with van der Waals surface area (Å²) in [4.78, 5) is 27.4. The van der Waals surface area contributed by atoms with Crippen molar-refractivity contribution in [3.05, 3.63) is 101 Å². The van der Waals surface area contributed by atoms with Gasteiger partial charge in [-0.05, 0) is 54.2 Å². The van der Waals surface area contributed by atoms with Gasteiger partial charge in [0, 0.05) is 18.2 Å². The van der Waals surface area contributed by atoms with Gasteiger partial charge in [0.1, 0.15) is 0 Å². The predicted octanol–water partition coefficient (Wildman–Crippen LogP) is 4.80. The van der Waals surface area contributed by atoms with E-state index in [0.717, 1.165) is 54.4 Å². The van der Waals surface area contributed by atoms with Crippen LogP contribution in [-0.4, -0.2) is 37.8 Å². The van der Waals surface area contributed by atoms with E-state index >= 15 is 0 Å². The molecule has 0 aromatic heterocycles. The highest BCUT2D eigenvalue weighted by atomic mass is 32.2. The van der Waals surface area contributed by atoms with Crippen molar-refractivity contribution < 1.29 is 18.0 Å². The van der Waals surface area contributed by atoms with Crippen LogP contribution in [0.2, 0.25) is 0 Å². The van der Waals surface area contributed by atoms with Gasteiger partial charge in [0.2, 0.25) is 0 Å². The van der Waals surface area contributed by atoms with E-state index in [1.54, 1.807) is 12.1 Å². The number of nitrogens with zero attached hydrogens (tertiary/aromatic N) is 1. The molecule has 0 saturated heterocycles. The third-order valence-electron chi connectivity index (χ3n) is 7.22. The topological polar surface area (TPSA) is 95.6 Å². The van der Waals surface area contributed by atoms with E-state index in [9.17, 15) is 18.0 Å². The second-order valence-electron chi connectivity index (χ2n) is 9.71. The van der Waals surface area contributed by atoms with Crippen LogP contribution in [0.5, 0.6) is 0 Å². The minimum atomic E-state index is -3.97. The van der Waals surface area contributed by atoms with E-state index in [0.29, 0.717) is 13.0 Å². The maximum Gasteiger partial charge on any atom is 0.328 e. The number of carbonyl (C=O) groups excluding carboxylic acids is 2. The summed E-state index contributed by atoms with van der Waals surface area (Å²) in [6, 6.07) is 23.3. The number of amides is 3. The van der Waals surface area contributed by atoms with E-state index in [2.05, 4.69) is 10.0 Å². The normalized spacial score (nSPS) is 17.9. The van der Waals surface area contributed by atoms with E-state index in [4.69, 9.17) is 0 Å². The summed E-state index contributed by atoms with van der Waals surface area (Å²) < 4.78 is 27.5. The van der Waals surface area contributed by atoms with Gasteiger partial charge in [0.05, 0.1) is 10.9 Å². The van der Waals surface area contributed by atoms with Gasteiger partial charge < -0.3 is 10.2 Å². The van der Waals surface area contributed by atoms with Crippen molar-refractivity contribution in [2.75, 3.05) is 6.54 Å². The molecule has 0 bridgehead atoms. The molecule has 3 aromatic carbocycles. The van der Waals surface area contributed by atoms with Gasteiger partial charge in [-0.1, -0.05) is 79.9 Å². The first-order valence-corrected chi connectivity index (χ1v) is 14.3. The molecule has 1 saturated carbocycles. The van der Waals surface area contributed by atoms with Crippen LogP contribution in [0, 0.1) is 0 Å². The number of urea groups is 1. The fraction of sp³-hybridized carbons (Fsp3) is 0.310. The SMILES string of the molecule is O=C(NC1CCCCC1)NS(=O)(=O)c1ccc(CCN2C(=O)c3ccccc3C2c2ccccc2)cc1. The Hall–Kier alpha value is -3.65. The maximum absolute atomic E-state index is 13.2. The van der Waals surface area contributed by atoms with Crippen LogP contribution in [0.1, 0.15) is 65.2 Å². The summed E-state index contributed by atoms with van der Waals surface area (Å²) in [6.45, 7) is 0.487. The molecular weight excluding hydrogens is 486 g/mol. The van der Waals surface area contributed by atoms with E-state index in [1.165, 1.54) is 12.1 Å². The van der Waals surface area contributed by atoms with Crippen LogP contribution in [-0.2, 0) is 16.4 Å². The zero-order valence-electron chi connectivity index (χ0n) is 20.6. The van der Waals surface area contributed by atoms with Crippen molar-refractivity contribution in [2.24, 2.45) is 0 Å². The van der Waals surface area contributed by atoms with Crippen LogP contribution >= 0.6 is 0 Å². The quantitative estimate of drug-likeness (QED) is 0.471. The Morgan fingerprint density at radius 2 is 1.54 bits per heavy atom. The molecule has 192 valence electrons. The third-order valence-corrected chi connectivity index (χ3v) is 8.56. The van der Waals surface area contributed by atoms with Gasteiger partial charge in [-0.25, -0.2) is 17.9 Å². The van der Waals surface area contributed by atoms with Crippen LogP contribution in [0.4, 0.5) is 4.79 Å². The molecule has 1 aliphatic heterocycles. The Balaban J connectivity index is 1.25. The summed E-state index contributed by atoms with van der Waals surface area (Å²) >= 11 is 0. The molecule has 1 atom stereocenters. The van der Waals surface area contributed by atoms with E-state index in [1.807, 2.05) is 59.5 Å². The Morgan fingerprint density at radius 3 is 2.27 bits per heavy atom. The Morgan fingerprint density at radius 1 is 0.865 bits per heavy atom. The molecule has 2 aliphatic rings. The summed E-state index contributed by atoms with van der Waals surface area (Å²) in [7, 11) is -3.97. The lowest BCUT2D eigenvalue weighted by Gasteiger charge is -2.26. The molecule has 8 heteroatoms. The van der Waals surface area contributed by atoms with Gasteiger partial charge in [0.25, 0.3) is 15.9 Å². The average Bonchev–Trinajstić information content (AvgIpc) is 3.20. The summed E-state index contributed by atoms with van der Waals surface area (Å²) in [5, 5.41) is 2.77. The average molecular weight is 518 g/mol. The highest BCUT2D eigenvalue weighted by Crippen LogP contribution is 2.38. The van der Waals surface area contributed by atoms with E-state index < -0.39 is 16.1 Å². The fourth-order valence-electron chi connectivity index (χ4n) is 5.32. The molecule has 7 nitrogen and oxygen atoms in total. The standard InChI is InChI=1S/C29H31N3O4S/c33-28-26-14-8-7-13-25(26)27(22-9-3-1-4-10-22)32(28)20-19-21-15-17-24(18-16-21)37(35,36)31-29(34)30-23-11-5-2-6-12-23/h1,3-4,7-10,13-18,23,27H,2,5-6,11-12,19-20H2,(H2,30,31,34). The molecule has 1 fully saturated rings. The molecule has 2 N–H and O–H groups in total. The van der Waals surface area contributed by atoms with Crippen molar-refractivity contribution >= 4 is 22.0 Å². The number of hydrogen-bond acceptors (Lipinski definition) is 4. The van der Waals surface area contributed by atoms with Crippen LogP contribution in [0.3, 0.4) is 0 Å². The van der Waals surface area contributed by atoms with Crippen molar-refractivity contribution in [3.63, 3.8) is 0 Å². The van der Waals surface area contributed by atoms with Gasteiger partial charge in [-0.3, -0.25) is 4.79 Å². The molecule has 0 radical (unpaired) electrons. The zero-order chi connectivity index (χ0) is 25.8. The summed E-state index contributed by atoms with van der Waals surface area (Å²) in [6.07, 6.45) is 5.55. The molecule has 1 aliphatic carbocycles. The minimum absolute atomic E-state index is 0.00294. The lowest BCUT2D eigenvalue weighted by molar-refractivity contribution is 0.0751. The smallest absolute Gasteiger partial charge is 0.328 e. The molecule has 3 amide bonds. The Labute approximate surface area is 217 Å². The third kappa shape index (κ3) is 5.54. The number of hydrogen-bond donors (Lipinski definition) is 2. The van der Waals surface area contributed by atoms with Gasteiger partial charge in [0.15, 0.2) is 0 Å². The summed E-state index contributed by atoms with van der Waals surface area (Å²) in [5.41, 5.74) is 3.68. The van der Waals surface area contributed by atoms with Crippen molar-refractivity contribution in [1.29, 1.82) is 0 Å². The first kappa shape index (κ1) is 25.0. The highest BCUT2D eigenvalue weighted by Gasteiger charge is 2.36. The molecule has 3 aromatic rings. The fourth-order valence-corrected chi connectivity index (χ4v) is 6.24. The number of carbonyl (C=O) groups is 2. The molecule has 5 rings (SSSR count). The predicted molar refractivity (Wildman–Crippen MR) is 142 cm³/mol. The number of fused-ring (bicyclic) bond motifs is 1. The molecular formula is C29H31N3O4S. The highest BCUT2D eigenvalue weighted by molar-refractivity contribution is 7.90. The summed E-state index contributed by atoms with van der Waals surface area (Å²) in [5.74, 6) is -0.00294. The Kier molecular flexibility index (Phi) is 7.28. The number of nitrogens with one attached hydrogen (secondary N) is 2.